The molecule has 1 aromatic carbocycles. The van der Waals surface area contributed by atoms with E-state index in [1.165, 1.54) is 4.90 Å². The van der Waals surface area contributed by atoms with Gasteiger partial charge in [0, 0.05) is 32.4 Å². The van der Waals surface area contributed by atoms with Gasteiger partial charge in [0.15, 0.2) is 5.96 Å². The van der Waals surface area contributed by atoms with Crippen molar-refractivity contribution in [3.8, 4) is 0 Å². The van der Waals surface area contributed by atoms with Gasteiger partial charge in [-0.25, -0.2) is 0 Å². The molecule has 48 heavy (non-hydrogen) atoms. The first-order chi connectivity index (χ1) is 22.7. The van der Waals surface area contributed by atoms with Crippen molar-refractivity contribution >= 4 is 47.3 Å². The van der Waals surface area contributed by atoms with E-state index in [-0.39, 0.29) is 70.4 Å². The summed E-state index contributed by atoms with van der Waals surface area (Å²) in [6.45, 7) is 0.349. The number of likely N-dealkylation sites (tertiary alicyclic amines) is 1. The van der Waals surface area contributed by atoms with Crippen molar-refractivity contribution in [2.45, 2.75) is 88.0 Å². The number of benzene rings is 1. The highest BCUT2D eigenvalue weighted by Gasteiger charge is 2.38. The molecule has 1 heterocycles. The quantitative estimate of drug-likeness (QED) is 0.0368. The maximum atomic E-state index is 13.6. The second-order valence-corrected chi connectivity index (χ2v) is 11.5. The molecule has 1 aliphatic heterocycles. The molecule has 1 aromatic rings. The van der Waals surface area contributed by atoms with E-state index in [0.29, 0.717) is 6.42 Å². The molecule has 7 amide bonds. The highest BCUT2D eigenvalue weighted by Crippen LogP contribution is 2.20. The Kier molecular flexibility index (Phi) is 15.7. The summed E-state index contributed by atoms with van der Waals surface area (Å²) in [5, 5.41) is 7.75. The lowest BCUT2D eigenvalue weighted by atomic mass is 10.0. The second-order valence-electron chi connectivity index (χ2n) is 11.5. The number of amides is 7. The molecule has 264 valence electrons. The van der Waals surface area contributed by atoms with E-state index in [1.54, 1.807) is 30.3 Å². The minimum Gasteiger partial charge on any atom is -0.370 e. The largest absolute Gasteiger partial charge is 0.370 e. The van der Waals surface area contributed by atoms with Crippen molar-refractivity contribution in [3.63, 3.8) is 0 Å². The van der Waals surface area contributed by atoms with Gasteiger partial charge in [-0.1, -0.05) is 30.3 Å². The molecule has 1 fully saturated rings. The Hall–Kier alpha value is -5.26. The first-order valence-corrected chi connectivity index (χ1v) is 15.6. The molecule has 0 spiro atoms. The van der Waals surface area contributed by atoms with E-state index in [9.17, 15) is 33.6 Å². The maximum absolute atomic E-state index is 13.6. The Morgan fingerprint density at radius 2 is 1.38 bits per heavy atom. The van der Waals surface area contributed by atoms with Gasteiger partial charge in [-0.15, -0.1) is 0 Å². The SMILES string of the molecule is NC(=O)CC[C@H](NC(=O)[C@H]1CCCN1C(=O)[C@@H](N)CCC(N)=O)C(=O)N[C@@H](CCCN=C(N)N)C(=O)N[C@@H](Cc1ccccc1)C(N)=O. The monoisotopic (exact) mass is 673 g/mol. The molecule has 1 saturated heterocycles. The summed E-state index contributed by atoms with van der Waals surface area (Å²) >= 11 is 0. The number of carbonyl (C=O) groups excluding carboxylic acids is 7. The average molecular weight is 674 g/mol. The van der Waals surface area contributed by atoms with Crippen molar-refractivity contribution in [2.24, 2.45) is 39.4 Å². The zero-order valence-electron chi connectivity index (χ0n) is 26.8. The lowest BCUT2D eigenvalue weighted by molar-refractivity contribution is -0.140. The highest BCUT2D eigenvalue weighted by molar-refractivity contribution is 5.96. The molecule has 15 N–H and O–H groups in total. The molecule has 1 aliphatic rings. The summed E-state index contributed by atoms with van der Waals surface area (Å²) in [6.07, 6.45) is 0.494. The summed E-state index contributed by atoms with van der Waals surface area (Å²) in [4.78, 5) is 93.6. The lowest BCUT2D eigenvalue weighted by Crippen LogP contribution is -2.58. The van der Waals surface area contributed by atoms with Gasteiger partial charge in [0.25, 0.3) is 0 Å². The maximum Gasteiger partial charge on any atom is 0.243 e. The first kappa shape index (κ1) is 38.9. The molecule has 0 aromatic heterocycles. The third kappa shape index (κ3) is 13.2. The number of hydrogen-bond acceptors (Lipinski definition) is 9. The topological polar surface area (TPSA) is 327 Å². The predicted molar refractivity (Wildman–Crippen MR) is 175 cm³/mol. The average Bonchev–Trinajstić information content (AvgIpc) is 3.52. The Balaban J connectivity index is 2.23. The fraction of sp³-hybridized carbons (Fsp3) is 0.533. The summed E-state index contributed by atoms with van der Waals surface area (Å²) in [5.41, 5.74) is 33.5. The molecule has 18 nitrogen and oxygen atoms in total. The number of guanidine groups is 1. The minimum absolute atomic E-state index is 0.00273. The van der Waals surface area contributed by atoms with Crippen LogP contribution in [0.15, 0.2) is 35.3 Å². The van der Waals surface area contributed by atoms with E-state index in [4.69, 9.17) is 34.4 Å². The molecule has 0 bridgehead atoms. The first-order valence-electron chi connectivity index (χ1n) is 15.6. The smallest absolute Gasteiger partial charge is 0.243 e. The van der Waals surface area contributed by atoms with Crippen molar-refractivity contribution < 1.29 is 33.6 Å². The van der Waals surface area contributed by atoms with Gasteiger partial charge < -0.3 is 55.3 Å². The number of aliphatic imine (C=N–C) groups is 1. The molecule has 0 aliphatic carbocycles. The fourth-order valence-corrected chi connectivity index (χ4v) is 5.15. The third-order valence-corrected chi connectivity index (χ3v) is 7.69. The Morgan fingerprint density at radius 1 is 0.792 bits per heavy atom. The van der Waals surface area contributed by atoms with Crippen LogP contribution >= 0.6 is 0 Å². The van der Waals surface area contributed by atoms with Crippen LogP contribution in [0.4, 0.5) is 0 Å². The third-order valence-electron chi connectivity index (χ3n) is 7.69. The fourth-order valence-electron chi connectivity index (χ4n) is 5.15. The normalized spacial score (nSPS) is 16.4. The number of nitrogens with one attached hydrogen (secondary N) is 3. The van der Waals surface area contributed by atoms with Gasteiger partial charge in [-0.2, -0.15) is 0 Å². The van der Waals surface area contributed by atoms with Crippen molar-refractivity contribution in [3.05, 3.63) is 35.9 Å². The van der Waals surface area contributed by atoms with E-state index in [1.807, 2.05) is 0 Å². The van der Waals surface area contributed by atoms with Crippen LogP contribution in [0.5, 0.6) is 0 Å². The number of rotatable bonds is 20. The number of primary amides is 3. The van der Waals surface area contributed by atoms with Crippen molar-refractivity contribution in [1.82, 2.24) is 20.9 Å². The lowest BCUT2D eigenvalue weighted by Gasteiger charge is -2.29. The van der Waals surface area contributed by atoms with Crippen LogP contribution in [-0.4, -0.2) is 95.5 Å². The Morgan fingerprint density at radius 3 is 1.96 bits per heavy atom. The standard InChI is InChI=1S/C30H47N11O7/c31-18(10-12-23(32)42)29(48)41-15-5-9-22(41)28(47)39-20(11-13-24(33)43)27(46)38-19(8-4-14-37-30(35)36)26(45)40-21(25(34)44)16-17-6-2-1-3-7-17/h1-3,6-7,18-22H,4-5,8-16,31H2,(H2,32,42)(H2,33,43)(H2,34,44)(H,38,46)(H,39,47)(H,40,45)(H4,35,36,37)/t18-,19-,20-,21-,22+/m0/s1. The molecule has 0 unspecified atom stereocenters. The van der Waals surface area contributed by atoms with E-state index >= 15 is 0 Å². The molecule has 0 radical (unpaired) electrons. The molecule has 5 atom stereocenters. The van der Waals surface area contributed by atoms with Gasteiger partial charge in [0.1, 0.15) is 24.2 Å². The zero-order valence-corrected chi connectivity index (χ0v) is 26.8. The summed E-state index contributed by atoms with van der Waals surface area (Å²) < 4.78 is 0. The zero-order chi connectivity index (χ0) is 35.8. The number of nitrogens with zero attached hydrogens (tertiary/aromatic N) is 2. The van der Waals surface area contributed by atoms with Crippen LogP contribution in [0, 0.1) is 0 Å². The molecular formula is C30H47N11O7. The van der Waals surface area contributed by atoms with Crippen molar-refractivity contribution in [2.75, 3.05) is 13.1 Å². The van der Waals surface area contributed by atoms with Gasteiger partial charge in [-0.05, 0) is 44.1 Å². The van der Waals surface area contributed by atoms with Crippen LogP contribution in [0.2, 0.25) is 0 Å². The minimum atomic E-state index is -1.34. The van der Waals surface area contributed by atoms with Gasteiger partial charge in [-0.3, -0.25) is 38.6 Å². The summed E-state index contributed by atoms with van der Waals surface area (Å²) in [7, 11) is 0. The number of carbonyl (C=O) groups is 7. The molecule has 2 rings (SSSR count). The molecule has 0 saturated carbocycles. The highest BCUT2D eigenvalue weighted by atomic mass is 16.2. The van der Waals surface area contributed by atoms with Crippen LogP contribution in [0.1, 0.15) is 56.9 Å². The number of nitrogens with two attached hydrogens (primary N) is 6. The van der Waals surface area contributed by atoms with E-state index in [0.717, 1.165) is 5.56 Å². The Bertz CT molecular complexity index is 1340. The predicted octanol–water partition coefficient (Wildman–Crippen LogP) is -3.93. The van der Waals surface area contributed by atoms with Gasteiger partial charge >= 0.3 is 0 Å². The van der Waals surface area contributed by atoms with Crippen LogP contribution in [0.3, 0.4) is 0 Å². The van der Waals surface area contributed by atoms with Crippen LogP contribution in [0.25, 0.3) is 0 Å². The van der Waals surface area contributed by atoms with Crippen LogP contribution in [-0.2, 0) is 40.0 Å². The van der Waals surface area contributed by atoms with Crippen molar-refractivity contribution in [1.29, 1.82) is 0 Å². The summed E-state index contributed by atoms with van der Waals surface area (Å²) in [6, 6.07) is 3.12. The number of hydrogen-bond donors (Lipinski definition) is 9. The van der Waals surface area contributed by atoms with Gasteiger partial charge in [0.05, 0.1) is 6.04 Å². The summed E-state index contributed by atoms with van der Waals surface area (Å²) in [5.74, 6) is -5.11. The van der Waals surface area contributed by atoms with E-state index < -0.39 is 71.6 Å². The van der Waals surface area contributed by atoms with E-state index in [2.05, 4.69) is 20.9 Å². The Labute approximate surface area is 278 Å². The second kappa shape index (κ2) is 19.4. The molecule has 18 heteroatoms. The van der Waals surface area contributed by atoms with Gasteiger partial charge in [0.2, 0.25) is 41.4 Å². The van der Waals surface area contributed by atoms with Crippen LogP contribution < -0.4 is 50.4 Å². The molecular weight excluding hydrogens is 626 g/mol.